The normalized spacial score (nSPS) is 12.4. The van der Waals surface area contributed by atoms with Crippen LogP contribution in [-0.4, -0.2) is 78.7 Å². The van der Waals surface area contributed by atoms with Gasteiger partial charge in [-0.1, -0.05) is 24.3 Å². The van der Waals surface area contributed by atoms with Crippen LogP contribution in [0.5, 0.6) is 0 Å². The second-order valence-electron chi connectivity index (χ2n) is 9.75. The molecule has 0 heterocycles. The molecule has 0 saturated heterocycles. The van der Waals surface area contributed by atoms with E-state index in [0.717, 1.165) is 5.56 Å². The molecule has 0 bridgehead atoms. The van der Waals surface area contributed by atoms with Gasteiger partial charge >= 0.3 is 0 Å². The zero-order valence-corrected chi connectivity index (χ0v) is 42.9. The summed E-state index contributed by atoms with van der Waals surface area (Å²) >= 11 is 26.8. The van der Waals surface area contributed by atoms with Crippen LogP contribution in [0.3, 0.4) is 0 Å². The molecule has 0 unspecified atom stereocenters. The lowest BCUT2D eigenvalue weighted by Gasteiger charge is -2.17. The summed E-state index contributed by atoms with van der Waals surface area (Å²) in [7, 11) is -7.85. The highest BCUT2D eigenvalue weighted by molar-refractivity contribution is 9.43. The Bertz CT molecular complexity index is 2030. The van der Waals surface area contributed by atoms with Gasteiger partial charge in [0.1, 0.15) is 0 Å². The number of carbonyl (C=O) groups is 2. The fourth-order valence-corrected chi connectivity index (χ4v) is 10.9. The summed E-state index contributed by atoms with van der Waals surface area (Å²) in [6.07, 6.45) is 0. The van der Waals surface area contributed by atoms with Crippen molar-refractivity contribution < 1.29 is 39.9 Å². The van der Waals surface area contributed by atoms with Gasteiger partial charge in [0, 0.05) is 31.8 Å². The smallest absolute Gasteiger partial charge is 0.253 e. The zero-order valence-electron chi connectivity index (χ0n) is 26.1. The Morgan fingerprint density at radius 2 is 1.00 bits per heavy atom. The molecule has 0 aliphatic rings. The third-order valence-corrected chi connectivity index (χ3v) is 22.0. The van der Waals surface area contributed by atoms with Crippen LogP contribution in [0.15, 0.2) is 87.5 Å². The van der Waals surface area contributed by atoms with Crippen molar-refractivity contribution in [2.45, 2.75) is 26.0 Å². The number of amides is 2. The molecule has 284 valence electrons. The number of halogens is 9. The predicted octanol–water partition coefficient (Wildman–Crippen LogP) is 8.50. The highest BCUT2D eigenvalue weighted by Crippen LogP contribution is 2.45. The number of aryl methyl sites for hydroxylation is 1. The number of sulfone groups is 3. The lowest BCUT2D eigenvalue weighted by Crippen LogP contribution is -2.29. The van der Waals surface area contributed by atoms with E-state index in [1.54, 1.807) is 18.2 Å². The molecule has 51 heavy (non-hydrogen) atoms. The van der Waals surface area contributed by atoms with Crippen LogP contribution in [0.1, 0.15) is 26.3 Å². The van der Waals surface area contributed by atoms with E-state index in [1.807, 2.05) is 13.0 Å². The van der Waals surface area contributed by atoms with E-state index < -0.39 is 33.9 Å². The van der Waals surface area contributed by atoms with Gasteiger partial charge in [0.25, 0.3) is 11.8 Å². The first-order valence-electron chi connectivity index (χ1n) is 13.4. The van der Waals surface area contributed by atoms with Gasteiger partial charge in [-0.15, -0.1) is 0 Å². The van der Waals surface area contributed by atoms with Crippen molar-refractivity contribution in [1.82, 2.24) is 10.2 Å². The Hall–Kier alpha value is 0.730. The van der Waals surface area contributed by atoms with E-state index in [4.69, 9.17) is 5.11 Å². The van der Waals surface area contributed by atoms with Crippen LogP contribution in [0.25, 0.3) is 0 Å². The maximum atomic E-state index is 12.2. The number of aliphatic hydroxyl groups is 1. The molecule has 11 nitrogen and oxygen atoms in total. The summed E-state index contributed by atoms with van der Waals surface area (Å²) in [4.78, 5) is 25.1. The van der Waals surface area contributed by atoms with Gasteiger partial charge in [-0.05, 0) is 204 Å². The van der Waals surface area contributed by atoms with Gasteiger partial charge in [-0.3, -0.25) is 9.59 Å². The van der Waals surface area contributed by atoms with Crippen LogP contribution >= 0.6 is 143 Å². The number of nitrogens with zero attached hydrogens (tertiary/aromatic N) is 1. The van der Waals surface area contributed by atoms with Gasteiger partial charge in [0.15, 0.2) is 0 Å². The minimum Gasteiger partial charge on any atom is -0.395 e. The maximum Gasteiger partial charge on any atom is 0.253 e. The molecule has 0 aliphatic carbocycles. The highest BCUT2D eigenvalue weighted by Gasteiger charge is 2.39. The Morgan fingerprint density at radius 3 is 1.35 bits per heavy atom. The Kier molecular flexibility index (Phi) is 19.7. The van der Waals surface area contributed by atoms with Gasteiger partial charge in [0.2, 0.25) is 33.9 Å². The van der Waals surface area contributed by atoms with E-state index in [0.29, 0.717) is 0 Å². The first kappa shape index (κ1) is 49.7. The van der Waals surface area contributed by atoms with Crippen molar-refractivity contribution in [2.24, 2.45) is 0 Å². The fourth-order valence-electron chi connectivity index (χ4n) is 3.40. The SMILES string of the molecule is CN(CCO)C(=O)c1cccc(S(=O)(=O)C(Br)(Br)Br)c1.CNC(=O)c1cccc(S(=O)(=O)C(Br)(Br)Br)c1.Cc1cccc(S(=O)(=O)C(Br)(Br)Br)c1. The number of alkyl halides is 9. The van der Waals surface area contributed by atoms with Crippen LogP contribution in [0, 0.1) is 6.92 Å². The fraction of sp³-hybridized carbons (Fsp3) is 0.286. The van der Waals surface area contributed by atoms with Gasteiger partial charge in [0.05, 0.1) is 21.3 Å². The summed E-state index contributed by atoms with van der Waals surface area (Å²) in [5, 5.41) is 11.2. The quantitative estimate of drug-likeness (QED) is 0.220. The molecule has 0 aliphatic heterocycles. The number of likely N-dealkylation sites (N-methyl/N-ethyl adjacent to an activating group) is 1. The van der Waals surface area contributed by atoms with Crippen LogP contribution in [-0.2, 0) is 29.5 Å². The zero-order chi connectivity index (χ0) is 39.8. The van der Waals surface area contributed by atoms with Crippen molar-refractivity contribution in [3.63, 3.8) is 0 Å². The standard InChI is InChI=1S/C11H12Br3NO4S.C9H8Br3NO3S.C8H7Br3O2S/c1-15(5-6-16)10(17)8-3-2-4-9(7-8)20(18,19)11(12,13)14;1-13-8(14)6-3-2-4-7(5-6)17(15,16)9(10,11)12;1-6-3-2-4-7(5-6)14(12,13)8(9,10)11/h2-4,7,16H,5-6H2,1H3;2-5H,1H3,(H,13,14);2-5H,1H3. The highest BCUT2D eigenvalue weighted by atomic mass is 80.0. The molecule has 0 radical (unpaired) electrons. The van der Waals surface area contributed by atoms with Crippen molar-refractivity contribution in [3.8, 4) is 0 Å². The number of rotatable bonds is 7. The summed E-state index contributed by atoms with van der Waals surface area (Å²) in [5.74, 6) is -0.702. The average molecular weight is 1350 g/mol. The molecule has 0 atom stereocenters. The first-order chi connectivity index (χ1) is 23.1. The summed E-state index contributed by atoms with van der Waals surface area (Å²) < 4.78 is 68.0. The lowest BCUT2D eigenvalue weighted by molar-refractivity contribution is 0.0766. The molecule has 3 aromatic carbocycles. The van der Waals surface area contributed by atoms with Crippen molar-refractivity contribution in [2.75, 3.05) is 27.2 Å². The molecule has 23 heteroatoms. The number of benzene rings is 3. The third kappa shape index (κ3) is 14.0. The molecular formula is C28H27Br9N2O9S3. The second-order valence-corrected chi connectivity index (χ2v) is 41.0. The first-order valence-corrected chi connectivity index (χ1v) is 24.9. The number of aliphatic hydroxyl groups excluding tert-OH is 1. The number of hydrogen-bond donors (Lipinski definition) is 2. The molecule has 0 aromatic heterocycles. The number of carbonyl (C=O) groups excluding carboxylic acids is 2. The van der Waals surface area contributed by atoms with E-state index in [1.165, 1.54) is 67.5 Å². The monoisotopic (exact) mass is 1340 g/mol. The van der Waals surface area contributed by atoms with Gasteiger partial charge < -0.3 is 15.3 Å². The third-order valence-electron chi connectivity index (χ3n) is 6.02. The molecule has 0 saturated carbocycles. The predicted molar refractivity (Wildman–Crippen MR) is 232 cm³/mol. The molecule has 0 spiro atoms. The minimum atomic E-state index is -3.74. The Labute approximate surface area is 372 Å². The second kappa shape index (κ2) is 20.2. The topological polar surface area (TPSA) is 172 Å². The van der Waals surface area contributed by atoms with Crippen LogP contribution in [0.4, 0.5) is 0 Å². The van der Waals surface area contributed by atoms with Gasteiger partial charge in [-0.2, -0.15) is 0 Å². The number of nitrogens with one attached hydrogen (secondary N) is 1. The van der Waals surface area contributed by atoms with E-state index in [9.17, 15) is 34.8 Å². The molecule has 2 amide bonds. The molecule has 3 rings (SSSR count). The molecule has 0 fully saturated rings. The number of hydrogen-bond acceptors (Lipinski definition) is 9. The van der Waals surface area contributed by atoms with Gasteiger partial charge in [-0.25, -0.2) is 25.3 Å². The summed E-state index contributed by atoms with van der Waals surface area (Å²) in [6, 6.07) is 18.2. The van der Waals surface area contributed by atoms with E-state index >= 15 is 0 Å². The van der Waals surface area contributed by atoms with Crippen molar-refractivity contribution in [3.05, 3.63) is 89.5 Å². The molecule has 3 aromatic rings. The summed E-state index contributed by atoms with van der Waals surface area (Å²) in [6.45, 7) is 1.86. The largest absolute Gasteiger partial charge is 0.395 e. The Balaban J connectivity index is 0.000000389. The van der Waals surface area contributed by atoms with E-state index in [-0.39, 0.29) is 50.8 Å². The maximum absolute atomic E-state index is 12.2. The van der Waals surface area contributed by atoms with Crippen molar-refractivity contribution in [1.29, 1.82) is 0 Å². The summed E-state index contributed by atoms with van der Waals surface area (Å²) in [5.41, 5.74) is 1.42. The average Bonchev–Trinajstić information content (AvgIpc) is 3.03. The van der Waals surface area contributed by atoms with Crippen molar-refractivity contribution >= 4 is 185 Å². The van der Waals surface area contributed by atoms with Crippen LogP contribution in [0.2, 0.25) is 0 Å². The molecule has 2 N–H and O–H groups in total. The van der Waals surface area contributed by atoms with E-state index in [2.05, 4.69) is 149 Å². The lowest BCUT2D eigenvalue weighted by atomic mass is 10.2. The Morgan fingerprint density at radius 1 is 0.647 bits per heavy atom. The molecular weight excluding hydrogens is 1320 g/mol. The minimum absolute atomic E-state index is 0.00799. The van der Waals surface area contributed by atoms with Crippen LogP contribution < -0.4 is 5.32 Å².